The Labute approximate surface area is 95.9 Å². The number of thioether (sulfide) groups is 1. The van der Waals surface area contributed by atoms with E-state index in [0.717, 1.165) is 11.8 Å². The zero-order valence-electron chi connectivity index (χ0n) is 8.88. The SMILES string of the molecule is CCn1nnnc1S[C@@H](C)C(=O)NC(N)=O. The number of aryl methyl sites for hydroxylation is 1. The Bertz CT molecular complexity index is 392. The number of carbonyl (C=O) groups excluding carboxylic acids is 2. The van der Waals surface area contributed by atoms with Crippen LogP contribution in [0.2, 0.25) is 0 Å². The lowest BCUT2D eigenvalue weighted by atomic mass is 10.4. The Morgan fingerprint density at radius 3 is 2.88 bits per heavy atom. The number of urea groups is 1. The van der Waals surface area contributed by atoms with Crippen molar-refractivity contribution >= 4 is 23.7 Å². The lowest BCUT2D eigenvalue weighted by Crippen LogP contribution is -2.39. The molecular weight excluding hydrogens is 232 g/mol. The number of hydrogen-bond donors (Lipinski definition) is 2. The number of nitrogens with two attached hydrogens (primary N) is 1. The maximum Gasteiger partial charge on any atom is 0.318 e. The van der Waals surface area contributed by atoms with Crippen LogP contribution in [0.25, 0.3) is 0 Å². The van der Waals surface area contributed by atoms with E-state index in [0.29, 0.717) is 11.7 Å². The van der Waals surface area contributed by atoms with Crippen LogP contribution >= 0.6 is 11.8 Å². The molecule has 8 nitrogen and oxygen atoms in total. The highest BCUT2D eigenvalue weighted by atomic mass is 32.2. The van der Waals surface area contributed by atoms with Gasteiger partial charge in [0.05, 0.1) is 5.25 Å². The van der Waals surface area contributed by atoms with Crippen LogP contribution in [-0.4, -0.2) is 37.4 Å². The minimum atomic E-state index is -0.868. The summed E-state index contributed by atoms with van der Waals surface area (Å²) in [6.45, 7) is 4.13. The maximum atomic E-state index is 11.4. The van der Waals surface area contributed by atoms with E-state index in [2.05, 4.69) is 15.5 Å². The average Bonchev–Trinajstić information content (AvgIpc) is 2.64. The fraction of sp³-hybridized carbons (Fsp3) is 0.571. The monoisotopic (exact) mass is 244 g/mol. The van der Waals surface area contributed by atoms with Crippen molar-refractivity contribution in [2.75, 3.05) is 0 Å². The Morgan fingerprint density at radius 2 is 2.31 bits per heavy atom. The molecule has 1 rings (SSSR count). The second-order valence-corrected chi connectivity index (χ2v) is 4.20. The van der Waals surface area contributed by atoms with Crippen LogP contribution in [0.15, 0.2) is 5.16 Å². The molecule has 1 aromatic heterocycles. The second-order valence-electron chi connectivity index (χ2n) is 2.89. The Hall–Kier alpha value is -1.64. The summed E-state index contributed by atoms with van der Waals surface area (Å²) in [5, 5.41) is 13.0. The second kappa shape index (κ2) is 5.45. The van der Waals surface area contributed by atoms with E-state index in [9.17, 15) is 9.59 Å². The molecule has 3 amide bonds. The van der Waals surface area contributed by atoms with Crippen LogP contribution in [0.4, 0.5) is 4.79 Å². The molecule has 0 aliphatic heterocycles. The summed E-state index contributed by atoms with van der Waals surface area (Å²) in [7, 11) is 0. The molecule has 0 unspecified atom stereocenters. The highest BCUT2D eigenvalue weighted by Gasteiger charge is 2.18. The standard InChI is InChI=1S/C7H12N6O2S/c1-3-13-7(10-11-12-13)16-4(2)5(14)9-6(8)15/h4H,3H2,1-2H3,(H3,8,9,14,15)/t4-/m0/s1. The molecule has 9 heteroatoms. The lowest BCUT2D eigenvalue weighted by molar-refractivity contribution is -0.119. The normalized spacial score (nSPS) is 12.1. The van der Waals surface area contributed by atoms with Crippen molar-refractivity contribution in [3.63, 3.8) is 0 Å². The Morgan fingerprint density at radius 1 is 1.62 bits per heavy atom. The molecule has 0 spiro atoms. The number of rotatable bonds is 4. The molecule has 0 aliphatic carbocycles. The van der Waals surface area contributed by atoms with Gasteiger partial charge in [-0.15, -0.1) is 5.10 Å². The van der Waals surface area contributed by atoms with Crippen molar-refractivity contribution in [2.24, 2.45) is 5.73 Å². The van der Waals surface area contributed by atoms with Gasteiger partial charge in [-0.1, -0.05) is 11.8 Å². The third-order valence-electron chi connectivity index (χ3n) is 1.70. The summed E-state index contributed by atoms with van der Waals surface area (Å²) in [5.74, 6) is -0.469. The number of amides is 3. The summed E-state index contributed by atoms with van der Waals surface area (Å²) in [6, 6.07) is -0.868. The van der Waals surface area contributed by atoms with Crippen LogP contribution in [0, 0.1) is 0 Å². The van der Waals surface area contributed by atoms with Crippen LogP contribution in [0.5, 0.6) is 0 Å². The van der Waals surface area contributed by atoms with E-state index in [1.54, 1.807) is 11.6 Å². The fourth-order valence-corrected chi connectivity index (χ4v) is 1.77. The predicted molar refractivity (Wildman–Crippen MR) is 56.5 cm³/mol. The van der Waals surface area contributed by atoms with Gasteiger partial charge in [-0.05, 0) is 24.3 Å². The van der Waals surface area contributed by atoms with Crippen LogP contribution in [0.3, 0.4) is 0 Å². The maximum absolute atomic E-state index is 11.4. The summed E-state index contributed by atoms with van der Waals surface area (Å²) >= 11 is 1.16. The molecule has 0 aliphatic rings. The quantitative estimate of drug-likeness (QED) is 0.681. The summed E-state index contributed by atoms with van der Waals surface area (Å²) in [4.78, 5) is 21.8. The number of aromatic nitrogens is 4. The van der Waals surface area contributed by atoms with E-state index < -0.39 is 17.2 Å². The number of imide groups is 1. The van der Waals surface area contributed by atoms with Gasteiger partial charge in [0.25, 0.3) is 0 Å². The number of nitrogens with one attached hydrogen (secondary N) is 1. The largest absolute Gasteiger partial charge is 0.351 e. The smallest absolute Gasteiger partial charge is 0.318 e. The van der Waals surface area contributed by atoms with Gasteiger partial charge in [0, 0.05) is 6.54 Å². The number of nitrogens with zero attached hydrogens (tertiary/aromatic N) is 4. The van der Waals surface area contributed by atoms with Gasteiger partial charge in [-0.25, -0.2) is 9.48 Å². The van der Waals surface area contributed by atoms with E-state index in [4.69, 9.17) is 5.73 Å². The molecule has 0 aromatic carbocycles. The van der Waals surface area contributed by atoms with Crippen LogP contribution in [-0.2, 0) is 11.3 Å². The average molecular weight is 244 g/mol. The van der Waals surface area contributed by atoms with E-state index in [1.807, 2.05) is 12.2 Å². The molecule has 16 heavy (non-hydrogen) atoms. The van der Waals surface area contributed by atoms with Crippen molar-refractivity contribution in [2.45, 2.75) is 30.8 Å². The van der Waals surface area contributed by atoms with Crippen molar-refractivity contribution < 1.29 is 9.59 Å². The lowest BCUT2D eigenvalue weighted by Gasteiger charge is -2.08. The number of carbonyl (C=O) groups is 2. The summed E-state index contributed by atoms with van der Waals surface area (Å²) < 4.78 is 1.55. The van der Waals surface area contributed by atoms with E-state index >= 15 is 0 Å². The zero-order chi connectivity index (χ0) is 12.1. The number of hydrogen-bond acceptors (Lipinski definition) is 6. The topological polar surface area (TPSA) is 116 Å². The molecule has 3 N–H and O–H groups in total. The van der Waals surface area contributed by atoms with Gasteiger partial charge in [0.15, 0.2) is 0 Å². The molecule has 0 radical (unpaired) electrons. The van der Waals surface area contributed by atoms with Crippen molar-refractivity contribution in [3.05, 3.63) is 0 Å². The first-order valence-electron chi connectivity index (χ1n) is 4.57. The zero-order valence-corrected chi connectivity index (χ0v) is 9.69. The van der Waals surface area contributed by atoms with Gasteiger partial charge in [-0.3, -0.25) is 10.1 Å². The number of primary amides is 1. The van der Waals surface area contributed by atoms with Crippen molar-refractivity contribution in [3.8, 4) is 0 Å². The van der Waals surface area contributed by atoms with E-state index in [-0.39, 0.29) is 0 Å². The van der Waals surface area contributed by atoms with Gasteiger partial charge in [-0.2, -0.15) is 0 Å². The minimum Gasteiger partial charge on any atom is -0.351 e. The molecule has 0 fully saturated rings. The molecule has 0 saturated heterocycles. The molecule has 88 valence electrons. The third kappa shape index (κ3) is 3.19. The highest BCUT2D eigenvalue weighted by Crippen LogP contribution is 2.19. The van der Waals surface area contributed by atoms with E-state index in [1.165, 1.54) is 0 Å². The summed E-state index contributed by atoms with van der Waals surface area (Å²) in [6.07, 6.45) is 0. The van der Waals surface area contributed by atoms with Crippen LogP contribution in [0.1, 0.15) is 13.8 Å². The van der Waals surface area contributed by atoms with Gasteiger partial charge in [0.2, 0.25) is 11.1 Å². The first-order valence-corrected chi connectivity index (χ1v) is 5.45. The van der Waals surface area contributed by atoms with Gasteiger partial charge < -0.3 is 5.73 Å². The van der Waals surface area contributed by atoms with Crippen LogP contribution < -0.4 is 11.1 Å². The molecular formula is C7H12N6O2S. The van der Waals surface area contributed by atoms with Crippen molar-refractivity contribution in [1.29, 1.82) is 0 Å². The van der Waals surface area contributed by atoms with Gasteiger partial charge in [0.1, 0.15) is 0 Å². The van der Waals surface area contributed by atoms with Crippen molar-refractivity contribution in [1.82, 2.24) is 25.5 Å². The highest BCUT2D eigenvalue weighted by molar-refractivity contribution is 8.00. The summed E-state index contributed by atoms with van der Waals surface area (Å²) in [5.41, 5.74) is 4.83. The first kappa shape index (κ1) is 12.4. The Kier molecular flexibility index (Phi) is 4.23. The third-order valence-corrected chi connectivity index (χ3v) is 2.77. The first-order chi connectivity index (χ1) is 7.54. The molecule has 0 saturated carbocycles. The molecule has 1 aromatic rings. The fourth-order valence-electron chi connectivity index (χ4n) is 0.914. The predicted octanol–water partition coefficient (Wildman–Crippen LogP) is -0.631. The number of tetrazole rings is 1. The minimum absolute atomic E-state index is 0.469. The van der Waals surface area contributed by atoms with Gasteiger partial charge >= 0.3 is 6.03 Å². The molecule has 1 atom stereocenters. The Balaban J connectivity index is 2.60. The molecule has 1 heterocycles. The molecule has 0 bridgehead atoms.